The topological polar surface area (TPSA) is 460 Å². The van der Waals surface area contributed by atoms with Gasteiger partial charge in [0.05, 0.1) is 12.7 Å². The normalized spacial score (nSPS) is 33.2. The number of carbonyl (C=O) groups is 2. The molecule has 20 atom stereocenters. The van der Waals surface area contributed by atoms with E-state index in [1.165, 1.54) is 91.9 Å². The summed E-state index contributed by atoms with van der Waals surface area (Å²) >= 11 is 0. The molecule has 4 saturated heterocycles. The van der Waals surface area contributed by atoms with Crippen LogP contribution < -0.4 is 10.2 Å². The molecular weight excluding hydrogens is 1150 g/mol. The van der Waals surface area contributed by atoms with Crippen molar-refractivity contribution in [3.05, 3.63) is 118 Å². The lowest BCUT2D eigenvalue weighted by molar-refractivity contribution is -0.400. The molecule has 29 heteroatoms. The number of hydrogen-bond acceptors (Lipinski definition) is 29. The van der Waals surface area contributed by atoms with Crippen molar-refractivity contribution in [2.75, 3.05) is 19.8 Å². The summed E-state index contributed by atoms with van der Waals surface area (Å²) in [5.41, 5.74) is -0.620. The molecule has 0 radical (unpaired) electrons. The Balaban J connectivity index is 1.12. The Morgan fingerprint density at radius 1 is 0.500 bits per heavy atom. The average molecular weight is 1210 g/mol. The van der Waals surface area contributed by atoms with E-state index in [-0.39, 0.29) is 22.8 Å². The number of aromatic hydroxyl groups is 5. The number of fused-ring (bicyclic) bond motifs is 1. The van der Waals surface area contributed by atoms with Gasteiger partial charge in [0.15, 0.2) is 30.7 Å². The molecule has 1 aromatic heterocycles. The van der Waals surface area contributed by atoms with Crippen molar-refractivity contribution in [1.29, 1.82) is 0 Å². The predicted molar refractivity (Wildman–Crippen MR) is 286 cm³/mol. The summed E-state index contributed by atoms with van der Waals surface area (Å²) in [6.45, 7) is -1.37. The Morgan fingerprint density at radius 3 is 1.41 bits per heavy atom. The minimum Gasteiger partial charge on any atom is -0.508 e. The highest BCUT2D eigenvalue weighted by molar-refractivity contribution is 5.89. The predicted octanol–water partition coefficient (Wildman–Crippen LogP) is -1.80. The molecule has 15 N–H and O–H groups in total. The van der Waals surface area contributed by atoms with E-state index in [1.807, 2.05) is 0 Å². The maximum atomic E-state index is 14.8. The van der Waals surface area contributed by atoms with Gasteiger partial charge < -0.3 is 128 Å². The Labute approximate surface area is 485 Å². The summed E-state index contributed by atoms with van der Waals surface area (Å²) < 4.78 is 66.3. The molecule has 4 aliphatic heterocycles. The van der Waals surface area contributed by atoms with E-state index in [0.29, 0.717) is 11.1 Å². The number of carbonyl (C=O) groups excluding carboxylic acids is 2. The second-order valence-corrected chi connectivity index (χ2v) is 20.4. The molecule has 0 spiro atoms. The van der Waals surface area contributed by atoms with Crippen molar-refractivity contribution >= 4 is 35.1 Å². The zero-order valence-corrected chi connectivity index (χ0v) is 45.0. The van der Waals surface area contributed by atoms with E-state index < -0.39 is 194 Å². The van der Waals surface area contributed by atoms with Crippen LogP contribution >= 0.6 is 0 Å². The summed E-state index contributed by atoms with van der Waals surface area (Å²) in [5.74, 6) is -5.00. The molecule has 4 aliphatic rings. The number of phenolic OH excluding ortho intramolecular Hbond substituents is 5. The van der Waals surface area contributed by atoms with E-state index in [1.54, 1.807) is 0 Å². The van der Waals surface area contributed by atoms with E-state index in [2.05, 4.69) is 0 Å². The number of esters is 2. The van der Waals surface area contributed by atoms with Gasteiger partial charge in [-0.2, -0.15) is 0 Å². The summed E-state index contributed by atoms with van der Waals surface area (Å²) in [5, 5.41) is 162. The van der Waals surface area contributed by atoms with E-state index in [4.69, 9.17) is 51.8 Å². The van der Waals surface area contributed by atoms with Crippen molar-refractivity contribution in [2.24, 2.45) is 0 Å². The molecule has 20 unspecified atom stereocenters. The highest BCUT2D eigenvalue weighted by Crippen LogP contribution is 2.41. The second-order valence-electron chi connectivity index (χ2n) is 20.4. The Morgan fingerprint density at radius 2 is 0.930 bits per heavy atom. The summed E-state index contributed by atoms with van der Waals surface area (Å²) in [6, 6.07) is 18.1. The molecule has 464 valence electrons. The molecule has 0 amide bonds. The maximum Gasteiger partial charge on any atom is 0.330 e. The molecule has 86 heavy (non-hydrogen) atoms. The fourth-order valence-corrected chi connectivity index (χ4v) is 9.75. The van der Waals surface area contributed by atoms with Crippen LogP contribution in [0, 0.1) is 0 Å². The van der Waals surface area contributed by atoms with Crippen LogP contribution in [-0.4, -0.2) is 231 Å². The zero-order valence-electron chi connectivity index (χ0n) is 45.0. The van der Waals surface area contributed by atoms with Crippen molar-refractivity contribution in [3.8, 4) is 45.8 Å². The van der Waals surface area contributed by atoms with Crippen molar-refractivity contribution in [3.63, 3.8) is 0 Å². The van der Waals surface area contributed by atoms with Gasteiger partial charge in [0.2, 0.25) is 17.5 Å². The van der Waals surface area contributed by atoms with E-state index >= 15 is 0 Å². The fourth-order valence-electron chi connectivity index (χ4n) is 9.75. The summed E-state index contributed by atoms with van der Waals surface area (Å²) in [6.07, 6.45) is -36.2. The Kier molecular flexibility index (Phi) is 19.9. The lowest BCUT2D eigenvalue weighted by Gasteiger charge is -2.50. The van der Waals surface area contributed by atoms with Crippen LogP contribution in [0.5, 0.6) is 34.5 Å². The van der Waals surface area contributed by atoms with E-state index in [9.17, 15) is 91.0 Å². The first kappa shape index (κ1) is 63.1. The minimum atomic E-state index is -2.30. The molecule has 29 nitrogen and oxygen atoms in total. The number of hydrogen-bond donors (Lipinski definition) is 15. The molecule has 4 fully saturated rings. The minimum absolute atomic E-state index is 0.00453. The molecule has 0 saturated carbocycles. The molecule has 5 heterocycles. The third-order valence-electron chi connectivity index (χ3n) is 14.5. The zero-order chi connectivity index (χ0) is 61.8. The average Bonchev–Trinajstić information content (AvgIpc) is 3.60. The highest BCUT2D eigenvalue weighted by Gasteiger charge is 2.57. The van der Waals surface area contributed by atoms with Crippen molar-refractivity contribution in [1.82, 2.24) is 0 Å². The number of aliphatic hydroxyl groups is 10. The fraction of sp³-hybridized carbons (Fsp3) is 0.421. The molecular formula is C57H62O29. The van der Waals surface area contributed by atoms with Crippen LogP contribution in [-0.2, 0) is 52.2 Å². The third kappa shape index (κ3) is 14.0. The van der Waals surface area contributed by atoms with Gasteiger partial charge in [0, 0.05) is 29.8 Å². The van der Waals surface area contributed by atoms with Gasteiger partial charge in [0.1, 0.15) is 138 Å². The summed E-state index contributed by atoms with van der Waals surface area (Å²) in [4.78, 5) is 40.7. The van der Waals surface area contributed by atoms with E-state index in [0.717, 1.165) is 24.3 Å². The van der Waals surface area contributed by atoms with Gasteiger partial charge in [-0.15, -0.1) is 0 Å². The first-order valence-corrected chi connectivity index (χ1v) is 26.6. The SMILES string of the molecule is CC1OC(Oc2c(-c3ccc(O)cc3)oc3cc(O)cc(O)c3c2=O)C(OC2OC(COC(=O)C=Cc3ccc(O)cc3)C(O)C(O)C2O)C(OC2OC(COC(=O)C=Cc3ccc(O)cc3)C(O)C(O)C2O)C1OC1OC(CO)C(O)C(O)C1O. The lowest BCUT2D eigenvalue weighted by atomic mass is 9.95. The first-order valence-electron chi connectivity index (χ1n) is 26.6. The molecule has 0 aliphatic carbocycles. The van der Waals surface area contributed by atoms with Gasteiger partial charge in [-0.25, -0.2) is 9.59 Å². The maximum absolute atomic E-state index is 14.8. The number of benzene rings is 4. The van der Waals surface area contributed by atoms with Crippen LogP contribution in [0.3, 0.4) is 0 Å². The smallest absolute Gasteiger partial charge is 0.330 e. The molecule has 5 aromatic rings. The van der Waals surface area contributed by atoms with Gasteiger partial charge in [-0.05, 0) is 78.7 Å². The summed E-state index contributed by atoms with van der Waals surface area (Å²) in [7, 11) is 0. The standard InChI is InChI=1S/C57H62O29/c1-23-49(83-54-46(73)43(70)39(66)33(20-58)80-54)52(85-55-47(74)44(71)40(67)34(81-55)21-76-36(64)16-6-24-2-10-27(59)11-3-24)53(86-56-48(75)45(72)41(68)35(82-56)22-77-37(65)17-7-25-4-12-28(60)13-5-25)57(78-23)84-51-42(69)38-31(63)18-30(62)19-32(38)79-50(51)26-8-14-29(61)15-9-26/h2-19,23,33-35,39-41,43-49,52-63,66-68,70-75H,20-22H2,1H3. The van der Waals surface area contributed by atoms with Gasteiger partial charge in [-0.3, -0.25) is 4.79 Å². The van der Waals surface area contributed by atoms with Crippen LogP contribution in [0.2, 0.25) is 0 Å². The van der Waals surface area contributed by atoms with Crippen LogP contribution in [0.4, 0.5) is 0 Å². The van der Waals surface area contributed by atoms with Gasteiger partial charge in [0.25, 0.3) is 0 Å². The largest absolute Gasteiger partial charge is 0.508 e. The van der Waals surface area contributed by atoms with Crippen molar-refractivity contribution < 1.29 is 138 Å². The van der Waals surface area contributed by atoms with Crippen LogP contribution in [0.25, 0.3) is 34.4 Å². The molecule has 0 bridgehead atoms. The van der Waals surface area contributed by atoms with Crippen molar-refractivity contribution in [2.45, 2.75) is 130 Å². The first-order chi connectivity index (χ1) is 41.0. The monoisotopic (exact) mass is 1210 g/mol. The number of rotatable bonds is 18. The number of phenols is 5. The quantitative estimate of drug-likeness (QED) is 0.0340. The van der Waals surface area contributed by atoms with Crippen LogP contribution in [0.15, 0.2) is 106 Å². The van der Waals surface area contributed by atoms with Crippen LogP contribution in [0.1, 0.15) is 18.1 Å². The third-order valence-corrected chi connectivity index (χ3v) is 14.5. The number of aliphatic hydroxyl groups excluding tert-OH is 10. The van der Waals surface area contributed by atoms with Gasteiger partial charge >= 0.3 is 11.9 Å². The molecule has 4 aromatic carbocycles. The second kappa shape index (κ2) is 27.1. The lowest BCUT2D eigenvalue weighted by Crippen LogP contribution is -2.68. The number of ether oxygens (including phenoxy) is 10. The molecule has 9 rings (SSSR count). The highest BCUT2D eigenvalue weighted by atomic mass is 16.8. The Hall–Kier alpha value is -7.37. The Bertz CT molecular complexity index is 3240. The van der Waals surface area contributed by atoms with Gasteiger partial charge in [-0.1, -0.05) is 24.3 Å².